The number of ketones is 1. The first kappa shape index (κ1) is 16.1. The minimum Gasteiger partial charge on any atom is -0.378 e. The van der Waals surface area contributed by atoms with Crippen LogP contribution in [-0.4, -0.2) is 29.1 Å². The summed E-state index contributed by atoms with van der Waals surface area (Å²) in [5.74, 6) is -0.748. The second-order valence-corrected chi connectivity index (χ2v) is 6.13. The molecule has 1 aromatic carbocycles. The molecule has 3 rings (SSSR count). The highest BCUT2D eigenvalue weighted by Crippen LogP contribution is 2.30. The number of pyridine rings is 1. The Morgan fingerprint density at radius 2 is 2.12 bits per heavy atom. The van der Waals surface area contributed by atoms with E-state index in [1.807, 2.05) is 31.2 Å². The van der Waals surface area contributed by atoms with Crippen molar-refractivity contribution in [3.63, 3.8) is 0 Å². The summed E-state index contributed by atoms with van der Waals surface area (Å²) in [5, 5.41) is 6.37. The lowest BCUT2D eigenvalue weighted by molar-refractivity contribution is -0.134. The molecule has 24 heavy (non-hydrogen) atoms. The van der Waals surface area contributed by atoms with Gasteiger partial charge in [0.15, 0.2) is 0 Å². The summed E-state index contributed by atoms with van der Waals surface area (Å²) >= 11 is 0. The van der Waals surface area contributed by atoms with Crippen molar-refractivity contribution in [2.75, 3.05) is 11.9 Å². The van der Waals surface area contributed by atoms with Crippen molar-refractivity contribution in [1.29, 1.82) is 0 Å². The van der Waals surface area contributed by atoms with E-state index < -0.39 is 0 Å². The third-order valence-electron chi connectivity index (χ3n) is 4.20. The van der Waals surface area contributed by atoms with Gasteiger partial charge >= 0.3 is 0 Å². The standard InChI is InChI=1S/C18H19N3O3/c1-10(22)9-19-13-4-3-12-7-15(11(2)20-16(12)8-13)14-5-6-17(23)21-18(14)24/h3-4,7-8,14,19H,5-6,9H2,1-2H3,(H,21,23,24). The van der Waals surface area contributed by atoms with Gasteiger partial charge in [0, 0.05) is 23.2 Å². The molecule has 1 atom stereocenters. The Morgan fingerprint density at radius 3 is 2.83 bits per heavy atom. The summed E-state index contributed by atoms with van der Waals surface area (Å²) in [6.45, 7) is 3.68. The molecule has 2 N–H and O–H groups in total. The molecule has 2 amide bonds. The summed E-state index contributed by atoms with van der Waals surface area (Å²) in [6, 6.07) is 7.65. The van der Waals surface area contributed by atoms with Crippen molar-refractivity contribution >= 4 is 34.2 Å². The van der Waals surface area contributed by atoms with Crippen LogP contribution in [0.4, 0.5) is 5.69 Å². The topological polar surface area (TPSA) is 88.2 Å². The molecular weight excluding hydrogens is 306 g/mol. The zero-order valence-electron chi connectivity index (χ0n) is 13.7. The third kappa shape index (κ3) is 3.27. The van der Waals surface area contributed by atoms with Crippen molar-refractivity contribution < 1.29 is 14.4 Å². The van der Waals surface area contributed by atoms with Crippen LogP contribution in [-0.2, 0) is 14.4 Å². The highest BCUT2D eigenvalue weighted by molar-refractivity contribution is 6.01. The first-order valence-electron chi connectivity index (χ1n) is 7.92. The first-order valence-corrected chi connectivity index (χ1v) is 7.92. The number of hydrogen-bond donors (Lipinski definition) is 2. The number of hydrogen-bond acceptors (Lipinski definition) is 5. The van der Waals surface area contributed by atoms with Gasteiger partial charge in [-0.15, -0.1) is 0 Å². The number of carbonyl (C=O) groups excluding carboxylic acids is 3. The Kier molecular flexibility index (Phi) is 4.29. The molecule has 1 aliphatic rings. The van der Waals surface area contributed by atoms with Crippen LogP contribution in [0.3, 0.4) is 0 Å². The fourth-order valence-corrected chi connectivity index (χ4v) is 2.96. The van der Waals surface area contributed by atoms with E-state index in [9.17, 15) is 14.4 Å². The predicted molar refractivity (Wildman–Crippen MR) is 90.8 cm³/mol. The van der Waals surface area contributed by atoms with Gasteiger partial charge in [-0.25, -0.2) is 0 Å². The Morgan fingerprint density at radius 1 is 1.33 bits per heavy atom. The van der Waals surface area contributed by atoms with Gasteiger partial charge < -0.3 is 5.32 Å². The zero-order valence-corrected chi connectivity index (χ0v) is 13.7. The van der Waals surface area contributed by atoms with E-state index in [1.165, 1.54) is 6.92 Å². The number of amides is 2. The van der Waals surface area contributed by atoms with E-state index in [-0.39, 0.29) is 30.1 Å². The first-order chi connectivity index (χ1) is 11.4. The maximum atomic E-state index is 12.1. The number of imide groups is 1. The Labute approximate surface area is 139 Å². The minimum absolute atomic E-state index is 0.0624. The summed E-state index contributed by atoms with van der Waals surface area (Å²) in [7, 11) is 0. The van der Waals surface area contributed by atoms with Crippen molar-refractivity contribution in [2.45, 2.75) is 32.6 Å². The molecule has 6 heteroatoms. The minimum atomic E-state index is -0.338. The number of nitrogens with one attached hydrogen (secondary N) is 2. The number of carbonyl (C=O) groups is 3. The molecule has 1 fully saturated rings. The van der Waals surface area contributed by atoms with Crippen molar-refractivity contribution in [1.82, 2.24) is 10.3 Å². The second-order valence-electron chi connectivity index (χ2n) is 6.13. The Bertz CT molecular complexity index is 845. The fourth-order valence-electron chi connectivity index (χ4n) is 2.96. The number of fused-ring (bicyclic) bond motifs is 1. The molecular formula is C18H19N3O3. The highest BCUT2D eigenvalue weighted by Gasteiger charge is 2.29. The van der Waals surface area contributed by atoms with Gasteiger partial charge in [-0.3, -0.25) is 24.7 Å². The van der Waals surface area contributed by atoms with Crippen LogP contribution >= 0.6 is 0 Å². The molecule has 1 saturated heterocycles. The third-order valence-corrected chi connectivity index (χ3v) is 4.20. The maximum Gasteiger partial charge on any atom is 0.234 e. The van der Waals surface area contributed by atoms with Gasteiger partial charge in [0.05, 0.1) is 18.0 Å². The van der Waals surface area contributed by atoms with Gasteiger partial charge in [-0.2, -0.15) is 0 Å². The van der Waals surface area contributed by atoms with Crippen LogP contribution in [0.15, 0.2) is 24.3 Å². The quantitative estimate of drug-likeness (QED) is 0.840. The van der Waals surface area contributed by atoms with Crippen LogP contribution < -0.4 is 10.6 Å². The predicted octanol–water partition coefficient (Wildman–Crippen LogP) is 2.06. The number of aromatic nitrogens is 1. The van der Waals surface area contributed by atoms with Crippen LogP contribution in [0.25, 0.3) is 10.9 Å². The summed E-state index contributed by atoms with van der Waals surface area (Å²) < 4.78 is 0. The van der Waals surface area contributed by atoms with Crippen LogP contribution in [0.5, 0.6) is 0 Å². The number of benzene rings is 1. The maximum absolute atomic E-state index is 12.1. The van der Waals surface area contributed by atoms with Crippen LogP contribution in [0, 0.1) is 6.92 Å². The lowest BCUT2D eigenvalue weighted by Crippen LogP contribution is -2.39. The number of aryl methyl sites for hydroxylation is 1. The molecule has 0 aliphatic carbocycles. The van der Waals surface area contributed by atoms with Crippen molar-refractivity contribution in [3.05, 3.63) is 35.5 Å². The molecule has 0 spiro atoms. The monoisotopic (exact) mass is 325 g/mol. The van der Waals surface area contributed by atoms with E-state index in [0.29, 0.717) is 12.8 Å². The number of anilines is 1. The largest absolute Gasteiger partial charge is 0.378 e. The van der Waals surface area contributed by atoms with Gasteiger partial charge in [0.25, 0.3) is 0 Å². The number of rotatable bonds is 4. The van der Waals surface area contributed by atoms with E-state index in [4.69, 9.17) is 0 Å². The lowest BCUT2D eigenvalue weighted by atomic mass is 9.89. The van der Waals surface area contributed by atoms with Gasteiger partial charge in [-0.05, 0) is 44.0 Å². The van der Waals surface area contributed by atoms with E-state index in [0.717, 1.165) is 27.8 Å². The molecule has 2 heterocycles. The summed E-state index contributed by atoms with van der Waals surface area (Å²) in [4.78, 5) is 39.1. The summed E-state index contributed by atoms with van der Waals surface area (Å²) in [5.41, 5.74) is 3.27. The molecule has 0 bridgehead atoms. The number of nitrogens with zero attached hydrogens (tertiary/aromatic N) is 1. The molecule has 2 aromatic rings. The molecule has 1 aliphatic heterocycles. The molecule has 6 nitrogen and oxygen atoms in total. The summed E-state index contributed by atoms with van der Waals surface area (Å²) in [6.07, 6.45) is 0.860. The second kappa shape index (κ2) is 6.39. The molecule has 0 saturated carbocycles. The highest BCUT2D eigenvalue weighted by atomic mass is 16.2. The van der Waals surface area contributed by atoms with Gasteiger partial charge in [-0.1, -0.05) is 6.07 Å². The molecule has 0 radical (unpaired) electrons. The van der Waals surface area contributed by atoms with E-state index >= 15 is 0 Å². The average molecular weight is 325 g/mol. The zero-order chi connectivity index (χ0) is 17.3. The number of Topliss-reactive ketones (excluding diaryl/α,β-unsaturated/α-hetero) is 1. The van der Waals surface area contributed by atoms with Crippen molar-refractivity contribution in [3.8, 4) is 0 Å². The molecule has 1 unspecified atom stereocenters. The molecule has 124 valence electrons. The van der Waals surface area contributed by atoms with E-state index in [1.54, 1.807) is 0 Å². The lowest BCUT2D eigenvalue weighted by Gasteiger charge is -2.22. The van der Waals surface area contributed by atoms with Gasteiger partial charge in [0.1, 0.15) is 5.78 Å². The average Bonchev–Trinajstić information content (AvgIpc) is 2.52. The normalized spacial score (nSPS) is 17.7. The Hall–Kier alpha value is -2.76. The van der Waals surface area contributed by atoms with Crippen LogP contribution in [0.1, 0.15) is 36.9 Å². The van der Waals surface area contributed by atoms with E-state index in [2.05, 4.69) is 15.6 Å². The molecule has 1 aromatic heterocycles. The fraction of sp³-hybridized carbons (Fsp3) is 0.333. The Balaban J connectivity index is 1.93. The van der Waals surface area contributed by atoms with Crippen molar-refractivity contribution in [2.24, 2.45) is 0 Å². The van der Waals surface area contributed by atoms with Crippen LogP contribution in [0.2, 0.25) is 0 Å². The van der Waals surface area contributed by atoms with Gasteiger partial charge in [0.2, 0.25) is 11.8 Å². The smallest absolute Gasteiger partial charge is 0.234 e. The number of piperidine rings is 1. The SMILES string of the molecule is CC(=O)CNc1ccc2cc(C3CCC(=O)NC3=O)c(C)nc2c1.